The van der Waals surface area contributed by atoms with Crippen molar-refractivity contribution in [1.82, 2.24) is 5.32 Å². The van der Waals surface area contributed by atoms with Crippen molar-refractivity contribution in [1.29, 1.82) is 0 Å². The Bertz CT molecular complexity index is 155. The lowest BCUT2D eigenvalue weighted by atomic mass is 9.81. The maximum atomic E-state index is 10.4. The summed E-state index contributed by atoms with van der Waals surface area (Å²) in [7, 11) is 0. The number of β-amino-alcohol motifs (C(OH)–C–C–N with tert-alkyl or cyclic N) is 1. The predicted molar refractivity (Wildman–Crippen MR) is 53.6 cm³/mol. The quantitative estimate of drug-likeness (QED) is 0.606. The summed E-state index contributed by atoms with van der Waals surface area (Å²) >= 11 is 0. The first-order chi connectivity index (χ1) is 6.31. The summed E-state index contributed by atoms with van der Waals surface area (Å²) in [4.78, 5) is 0. The first-order valence-electron chi connectivity index (χ1n) is 5.74. The van der Waals surface area contributed by atoms with Crippen molar-refractivity contribution in [3.63, 3.8) is 0 Å². The van der Waals surface area contributed by atoms with Gasteiger partial charge in [0.05, 0.1) is 5.60 Å². The lowest BCUT2D eigenvalue weighted by Gasteiger charge is -2.31. The van der Waals surface area contributed by atoms with Crippen LogP contribution in [-0.2, 0) is 0 Å². The molecule has 2 fully saturated rings. The predicted octanol–water partition coefficient (Wildman–Crippen LogP) is 1.68. The zero-order chi connectivity index (χ0) is 9.15. The standard InChI is InChI=1S/C11H21NO/c13-11(7-8-12-9-11)10-5-3-1-2-4-6-10/h10,12-13H,1-9H2. The minimum Gasteiger partial charge on any atom is -0.388 e. The molecule has 2 heteroatoms. The number of rotatable bonds is 1. The van der Waals surface area contributed by atoms with Crippen LogP contribution in [-0.4, -0.2) is 23.8 Å². The molecule has 0 aromatic heterocycles. The van der Waals surface area contributed by atoms with E-state index in [0.717, 1.165) is 19.5 Å². The molecule has 1 saturated heterocycles. The molecule has 2 rings (SSSR count). The first kappa shape index (κ1) is 9.47. The van der Waals surface area contributed by atoms with Gasteiger partial charge in [0.15, 0.2) is 0 Å². The SMILES string of the molecule is OC1(C2CCCCCC2)CCNC1. The van der Waals surface area contributed by atoms with Crippen LogP contribution in [0.15, 0.2) is 0 Å². The van der Waals surface area contributed by atoms with Crippen LogP contribution in [0.2, 0.25) is 0 Å². The highest BCUT2D eigenvalue weighted by Crippen LogP contribution is 2.34. The van der Waals surface area contributed by atoms with E-state index in [2.05, 4.69) is 5.32 Å². The van der Waals surface area contributed by atoms with Gasteiger partial charge in [-0.1, -0.05) is 25.7 Å². The van der Waals surface area contributed by atoms with Gasteiger partial charge in [0, 0.05) is 6.54 Å². The van der Waals surface area contributed by atoms with Gasteiger partial charge in [-0.25, -0.2) is 0 Å². The van der Waals surface area contributed by atoms with Crippen molar-refractivity contribution in [2.45, 2.75) is 50.5 Å². The Labute approximate surface area is 80.7 Å². The Morgan fingerprint density at radius 1 is 1.08 bits per heavy atom. The summed E-state index contributed by atoms with van der Waals surface area (Å²) in [6.45, 7) is 1.84. The summed E-state index contributed by atoms with van der Waals surface area (Å²) in [6, 6.07) is 0. The van der Waals surface area contributed by atoms with E-state index in [1.54, 1.807) is 0 Å². The van der Waals surface area contributed by atoms with Crippen LogP contribution in [0.3, 0.4) is 0 Å². The zero-order valence-electron chi connectivity index (χ0n) is 8.39. The molecular formula is C11H21NO. The van der Waals surface area contributed by atoms with Gasteiger partial charge < -0.3 is 10.4 Å². The Morgan fingerprint density at radius 2 is 1.77 bits per heavy atom. The van der Waals surface area contributed by atoms with Gasteiger partial charge in [0.1, 0.15) is 0 Å². The van der Waals surface area contributed by atoms with Gasteiger partial charge >= 0.3 is 0 Å². The second-order valence-corrected chi connectivity index (χ2v) is 4.72. The smallest absolute Gasteiger partial charge is 0.0811 e. The maximum Gasteiger partial charge on any atom is 0.0811 e. The topological polar surface area (TPSA) is 32.3 Å². The van der Waals surface area contributed by atoms with E-state index in [-0.39, 0.29) is 5.60 Å². The first-order valence-corrected chi connectivity index (χ1v) is 5.74. The van der Waals surface area contributed by atoms with Crippen LogP contribution in [0, 0.1) is 5.92 Å². The van der Waals surface area contributed by atoms with E-state index in [1.165, 1.54) is 38.5 Å². The summed E-state index contributed by atoms with van der Waals surface area (Å²) in [5.74, 6) is 0.574. The fourth-order valence-corrected chi connectivity index (χ4v) is 2.86. The van der Waals surface area contributed by atoms with Gasteiger partial charge in [-0.3, -0.25) is 0 Å². The fraction of sp³-hybridized carbons (Fsp3) is 1.00. The van der Waals surface area contributed by atoms with Gasteiger partial charge in [-0.15, -0.1) is 0 Å². The molecule has 1 unspecified atom stereocenters. The fourth-order valence-electron chi connectivity index (χ4n) is 2.86. The molecule has 2 nitrogen and oxygen atoms in total. The normalized spacial score (nSPS) is 37.6. The van der Waals surface area contributed by atoms with Crippen LogP contribution in [0.1, 0.15) is 44.9 Å². The molecule has 0 radical (unpaired) electrons. The van der Waals surface area contributed by atoms with Crippen LogP contribution < -0.4 is 5.32 Å². The second kappa shape index (κ2) is 3.97. The molecule has 2 N–H and O–H groups in total. The lowest BCUT2D eigenvalue weighted by Crippen LogP contribution is -2.39. The monoisotopic (exact) mass is 183 g/mol. The molecule has 0 spiro atoms. The van der Waals surface area contributed by atoms with Crippen LogP contribution in [0.5, 0.6) is 0 Å². The van der Waals surface area contributed by atoms with E-state index in [0.29, 0.717) is 5.92 Å². The van der Waals surface area contributed by atoms with Crippen molar-refractivity contribution in [2.24, 2.45) is 5.92 Å². The number of nitrogens with one attached hydrogen (secondary N) is 1. The van der Waals surface area contributed by atoms with Crippen LogP contribution in [0.25, 0.3) is 0 Å². The molecule has 1 aliphatic heterocycles. The molecular weight excluding hydrogens is 162 g/mol. The highest BCUT2D eigenvalue weighted by molar-refractivity contribution is 4.94. The third kappa shape index (κ3) is 2.05. The number of aliphatic hydroxyl groups is 1. The second-order valence-electron chi connectivity index (χ2n) is 4.72. The zero-order valence-corrected chi connectivity index (χ0v) is 8.39. The molecule has 1 heterocycles. The van der Waals surface area contributed by atoms with Crippen molar-refractivity contribution < 1.29 is 5.11 Å². The van der Waals surface area contributed by atoms with Gasteiger partial charge in [0.25, 0.3) is 0 Å². The third-order valence-electron chi connectivity index (χ3n) is 3.78. The van der Waals surface area contributed by atoms with Crippen molar-refractivity contribution in [3.05, 3.63) is 0 Å². The molecule has 2 aliphatic rings. The largest absolute Gasteiger partial charge is 0.388 e. The molecule has 0 aromatic carbocycles. The van der Waals surface area contributed by atoms with E-state index in [9.17, 15) is 5.11 Å². The number of hydrogen-bond donors (Lipinski definition) is 2. The van der Waals surface area contributed by atoms with Gasteiger partial charge in [-0.05, 0) is 31.7 Å². The summed E-state index contributed by atoms with van der Waals surface area (Å²) < 4.78 is 0. The molecule has 0 amide bonds. The Balaban J connectivity index is 1.96. The van der Waals surface area contributed by atoms with Crippen molar-refractivity contribution >= 4 is 0 Å². The van der Waals surface area contributed by atoms with Crippen molar-refractivity contribution in [2.75, 3.05) is 13.1 Å². The molecule has 1 aliphatic carbocycles. The maximum absolute atomic E-state index is 10.4. The highest BCUT2D eigenvalue weighted by atomic mass is 16.3. The third-order valence-corrected chi connectivity index (χ3v) is 3.78. The summed E-state index contributed by atoms with van der Waals surface area (Å²) in [5.41, 5.74) is -0.357. The molecule has 76 valence electrons. The van der Waals surface area contributed by atoms with Crippen molar-refractivity contribution in [3.8, 4) is 0 Å². The Morgan fingerprint density at radius 3 is 2.31 bits per heavy atom. The Kier molecular flexibility index (Phi) is 2.89. The lowest BCUT2D eigenvalue weighted by molar-refractivity contribution is -0.00609. The van der Waals surface area contributed by atoms with E-state index >= 15 is 0 Å². The highest BCUT2D eigenvalue weighted by Gasteiger charge is 2.38. The molecule has 1 atom stereocenters. The van der Waals surface area contributed by atoms with E-state index in [1.807, 2.05) is 0 Å². The molecule has 0 aromatic rings. The minimum absolute atomic E-state index is 0.357. The summed E-state index contributed by atoms with van der Waals surface area (Å²) in [5, 5.41) is 13.7. The van der Waals surface area contributed by atoms with Gasteiger partial charge in [-0.2, -0.15) is 0 Å². The van der Waals surface area contributed by atoms with E-state index < -0.39 is 0 Å². The van der Waals surface area contributed by atoms with Gasteiger partial charge in [0.2, 0.25) is 0 Å². The average Bonchev–Trinajstić information content (AvgIpc) is 2.44. The molecule has 1 saturated carbocycles. The molecule has 13 heavy (non-hydrogen) atoms. The minimum atomic E-state index is -0.357. The van der Waals surface area contributed by atoms with Crippen LogP contribution >= 0.6 is 0 Å². The number of hydrogen-bond acceptors (Lipinski definition) is 2. The van der Waals surface area contributed by atoms with E-state index in [4.69, 9.17) is 0 Å². The average molecular weight is 183 g/mol. The molecule has 0 bridgehead atoms. The Hall–Kier alpha value is -0.0800. The summed E-state index contributed by atoms with van der Waals surface area (Å²) in [6.07, 6.45) is 8.87. The van der Waals surface area contributed by atoms with Crippen LogP contribution in [0.4, 0.5) is 0 Å².